The Morgan fingerprint density at radius 3 is 2.53 bits per heavy atom. The van der Waals surface area contributed by atoms with Gasteiger partial charge in [0.1, 0.15) is 5.00 Å². The van der Waals surface area contributed by atoms with Crippen molar-refractivity contribution in [1.29, 1.82) is 0 Å². The second kappa shape index (κ2) is 3.95. The van der Waals surface area contributed by atoms with E-state index in [1.807, 2.05) is 0 Å². The molecule has 0 saturated heterocycles. The third-order valence-electron chi connectivity index (χ3n) is 1.65. The first-order valence-electron chi connectivity index (χ1n) is 4.04. The number of anilines is 1. The van der Waals surface area contributed by atoms with Crippen molar-refractivity contribution < 1.29 is 8.42 Å². The van der Waals surface area contributed by atoms with E-state index < -0.39 is 10.0 Å². The van der Waals surface area contributed by atoms with Gasteiger partial charge in [0, 0.05) is 11.5 Å². The first-order valence-corrected chi connectivity index (χ1v) is 6.29. The van der Waals surface area contributed by atoms with Gasteiger partial charge in [-0.1, -0.05) is 22.7 Å². The highest BCUT2D eigenvalue weighted by Crippen LogP contribution is 2.16. The summed E-state index contributed by atoms with van der Waals surface area (Å²) in [5.74, 6) is 0. The summed E-state index contributed by atoms with van der Waals surface area (Å²) in [6, 6.07) is 8.14. The van der Waals surface area contributed by atoms with Crippen molar-refractivity contribution >= 4 is 26.6 Å². The van der Waals surface area contributed by atoms with Crippen LogP contribution in [0.2, 0.25) is 0 Å². The van der Waals surface area contributed by atoms with E-state index in [0.29, 0.717) is 5.00 Å². The molecular formula is C8H7N3O2S2. The molecule has 2 rings (SSSR count). The molecule has 5 nitrogen and oxygen atoms in total. The van der Waals surface area contributed by atoms with Crippen molar-refractivity contribution in [2.75, 3.05) is 4.72 Å². The summed E-state index contributed by atoms with van der Waals surface area (Å²) in [4.78, 5) is 0.221. The molecule has 78 valence electrons. The number of rotatable bonds is 3. The van der Waals surface area contributed by atoms with Crippen molar-refractivity contribution in [3.8, 4) is 0 Å². The molecule has 0 atom stereocenters. The van der Waals surface area contributed by atoms with E-state index in [1.165, 1.54) is 18.3 Å². The van der Waals surface area contributed by atoms with E-state index in [9.17, 15) is 8.42 Å². The summed E-state index contributed by atoms with van der Waals surface area (Å²) in [6.07, 6.45) is 1.37. The summed E-state index contributed by atoms with van der Waals surface area (Å²) in [6.45, 7) is 0. The topological polar surface area (TPSA) is 72.0 Å². The second-order valence-corrected chi connectivity index (χ2v) is 5.17. The third kappa shape index (κ3) is 2.31. The van der Waals surface area contributed by atoms with Gasteiger partial charge in [0.2, 0.25) is 0 Å². The zero-order valence-corrected chi connectivity index (χ0v) is 9.12. The number of nitrogens with one attached hydrogen (secondary N) is 1. The number of nitrogens with zero attached hydrogens (tertiary/aromatic N) is 2. The van der Waals surface area contributed by atoms with E-state index in [-0.39, 0.29) is 4.90 Å². The van der Waals surface area contributed by atoms with Crippen molar-refractivity contribution in [1.82, 2.24) is 9.59 Å². The number of benzene rings is 1. The number of hydrogen-bond acceptors (Lipinski definition) is 5. The zero-order chi connectivity index (χ0) is 10.7. The molecule has 15 heavy (non-hydrogen) atoms. The fourth-order valence-electron chi connectivity index (χ4n) is 1.00. The maximum atomic E-state index is 11.7. The van der Waals surface area contributed by atoms with E-state index in [1.54, 1.807) is 18.2 Å². The van der Waals surface area contributed by atoms with Gasteiger partial charge < -0.3 is 0 Å². The van der Waals surface area contributed by atoms with Crippen LogP contribution < -0.4 is 4.72 Å². The largest absolute Gasteiger partial charge is 0.268 e. The molecule has 0 aliphatic carbocycles. The molecule has 0 spiro atoms. The molecule has 0 fully saturated rings. The van der Waals surface area contributed by atoms with Crippen LogP contribution in [0.4, 0.5) is 5.00 Å². The highest BCUT2D eigenvalue weighted by atomic mass is 32.2. The summed E-state index contributed by atoms with van der Waals surface area (Å²) in [5.41, 5.74) is 0. The van der Waals surface area contributed by atoms with Crippen LogP contribution in [0.25, 0.3) is 0 Å². The molecule has 0 radical (unpaired) electrons. The quantitative estimate of drug-likeness (QED) is 0.880. The molecule has 0 aliphatic heterocycles. The van der Waals surface area contributed by atoms with E-state index >= 15 is 0 Å². The smallest absolute Gasteiger partial charge is 0.262 e. The predicted molar refractivity (Wildman–Crippen MR) is 57.2 cm³/mol. The summed E-state index contributed by atoms with van der Waals surface area (Å²) < 4.78 is 29.4. The van der Waals surface area contributed by atoms with Gasteiger partial charge in [0.25, 0.3) is 10.0 Å². The molecule has 1 N–H and O–H groups in total. The van der Waals surface area contributed by atoms with Gasteiger partial charge in [0.05, 0.1) is 11.1 Å². The average molecular weight is 241 g/mol. The van der Waals surface area contributed by atoms with Gasteiger partial charge in [-0.25, -0.2) is 8.42 Å². The van der Waals surface area contributed by atoms with E-state index in [2.05, 4.69) is 14.3 Å². The van der Waals surface area contributed by atoms with Crippen LogP contribution in [0.1, 0.15) is 0 Å². The first-order chi connectivity index (χ1) is 7.18. The fourth-order valence-corrected chi connectivity index (χ4v) is 2.71. The lowest BCUT2D eigenvalue weighted by atomic mass is 10.4. The van der Waals surface area contributed by atoms with Crippen molar-refractivity contribution in [2.45, 2.75) is 4.90 Å². The Labute approximate surface area is 91.0 Å². The molecule has 0 aliphatic rings. The van der Waals surface area contributed by atoms with E-state index in [0.717, 1.165) is 11.5 Å². The van der Waals surface area contributed by atoms with Crippen LogP contribution in [0.5, 0.6) is 0 Å². The normalized spacial score (nSPS) is 11.2. The lowest BCUT2D eigenvalue weighted by molar-refractivity contribution is 0.601. The number of aromatic nitrogens is 2. The molecule has 7 heteroatoms. The van der Waals surface area contributed by atoms with Crippen LogP contribution >= 0.6 is 11.5 Å². The Bertz CT molecular complexity index is 522. The Morgan fingerprint density at radius 1 is 1.20 bits per heavy atom. The minimum atomic E-state index is -3.50. The first kappa shape index (κ1) is 10.1. The van der Waals surface area contributed by atoms with Crippen LogP contribution in [-0.2, 0) is 10.0 Å². The Balaban J connectivity index is 2.29. The highest BCUT2D eigenvalue weighted by molar-refractivity contribution is 7.93. The Kier molecular flexibility index (Phi) is 2.65. The van der Waals surface area contributed by atoms with Crippen LogP contribution in [-0.4, -0.2) is 18.0 Å². The van der Waals surface area contributed by atoms with Gasteiger partial charge in [-0.3, -0.25) is 4.72 Å². The van der Waals surface area contributed by atoms with Crippen molar-refractivity contribution in [3.05, 3.63) is 36.5 Å². The molecule has 0 amide bonds. The SMILES string of the molecule is O=S(=O)(Nc1cnns1)c1ccccc1. The van der Waals surface area contributed by atoms with Gasteiger partial charge in [-0.15, -0.1) is 5.10 Å². The number of hydrogen-bond donors (Lipinski definition) is 1. The van der Waals surface area contributed by atoms with Crippen molar-refractivity contribution in [3.63, 3.8) is 0 Å². The summed E-state index contributed by atoms with van der Waals surface area (Å²) in [5, 5.41) is 3.94. The lowest BCUT2D eigenvalue weighted by Crippen LogP contribution is -2.11. The fraction of sp³-hybridized carbons (Fsp3) is 0. The predicted octanol–water partition coefficient (Wildman–Crippen LogP) is 1.34. The monoisotopic (exact) mass is 241 g/mol. The molecular weight excluding hydrogens is 234 g/mol. The van der Waals surface area contributed by atoms with Crippen LogP contribution in [0, 0.1) is 0 Å². The van der Waals surface area contributed by atoms with Crippen LogP contribution in [0.3, 0.4) is 0 Å². The standard InChI is InChI=1S/C8H7N3O2S2/c12-15(13,7-4-2-1-3-5-7)10-8-6-9-11-14-8/h1-6,10H. The summed E-state index contributed by atoms with van der Waals surface area (Å²) >= 11 is 0.993. The van der Waals surface area contributed by atoms with Crippen LogP contribution in [0.15, 0.2) is 41.4 Å². The van der Waals surface area contributed by atoms with Gasteiger partial charge >= 0.3 is 0 Å². The Morgan fingerprint density at radius 2 is 1.93 bits per heavy atom. The second-order valence-electron chi connectivity index (χ2n) is 2.70. The minimum Gasteiger partial charge on any atom is -0.268 e. The third-order valence-corrected chi connectivity index (χ3v) is 3.74. The van der Waals surface area contributed by atoms with Gasteiger partial charge in [0.15, 0.2) is 0 Å². The molecule has 0 unspecified atom stereocenters. The summed E-state index contributed by atoms with van der Waals surface area (Å²) in [7, 11) is -3.50. The average Bonchev–Trinajstić information content (AvgIpc) is 2.71. The van der Waals surface area contributed by atoms with Gasteiger partial charge in [-0.2, -0.15) is 0 Å². The van der Waals surface area contributed by atoms with Gasteiger partial charge in [-0.05, 0) is 12.1 Å². The maximum Gasteiger partial charge on any atom is 0.262 e. The molecule has 1 aromatic carbocycles. The number of sulfonamides is 1. The van der Waals surface area contributed by atoms with E-state index in [4.69, 9.17) is 0 Å². The molecule has 1 aromatic heterocycles. The maximum absolute atomic E-state index is 11.7. The molecule has 1 heterocycles. The zero-order valence-electron chi connectivity index (χ0n) is 7.49. The Hall–Kier alpha value is -1.47. The molecule has 2 aromatic rings. The molecule has 0 bridgehead atoms. The molecule has 0 saturated carbocycles. The lowest BCUT2D eigenvalue weighted by Gasteiger charge is -2.03. The highest BCUT2D eigenvalue weighted by Gasteiger charge is 2.13. The van der Waals surface area contributed by atoms with Crippen molar-refractivity contribution in [2.24, 2.45) is 0 Å². The minimum absolute atomic E-state index is 0.221.